The van der Waals surface area contributed by atoms with Crippen LogP contribution in [0.5, 0.6) is 0 Å². The number of hydrogen-bond acceptors (Lipinski definition) is 2. The van der Waals surface area contributed by atoms with Crippen LogP contribution in [-0.4, -0.2) is 23.0 Å². The Labute approximate surface area is 76.7 Å². The molecule has 1 heterocycles. The number of hydrogen-bond donors (Lipinski definition) is 1. The van der Waals surface area contributed by atoms with E-state index in [0.717, 1.165) is 0 Å². The second-order valence-corrected chi connectivity index (χ2v) is 2.65. The van der Waals surface area contributed by atoms with Crippen LogP contribution >= 0.6 is 0 Å². The molecule has 0 unspecified atom stereocenters. The molecule has 1 aliphatic rings. The van der Waals surface area contributed by atoms with Crippen molar-refractivity contribution in [2.45, 2.75) is 0 Å². The van der Waals surface area contributed by atoms with Gasteiger partial charge in [-0.3, -0.25) is 0 Å². The second kappa shape index (κ2) is 3.20. The summed E-state index contributed by atoms with van der Waals surface area (Å²) in [6, 6.07) is 0. The van der Waals surface area contributed by atoms with E-state index in [2.05, 4.69) is 12.5 Å². The van der Waals surface area contributed by atoms with Gasteiger partial charge in [0, 0.05) is 24.5 Å². The minimum absolute atomic E-state index is 0.169. The molecule has 0 saturated carbocycles. The number of rotatable bonds is 1. The Morgan fingerprint density at radius 1 is 1.77 bits per heavy atom. The van der Waals surface area contributed by atoms with Gasteiger partial charge < -0.3 is 10.0 Å². The third-order valence-corrected chi connectivity index (χ3v) is 1.77. The van der Waals surface area contributed by atoms with Gasteiger partial charge in [-0.2, -0.15) is 0 Å². The Kier molecular flexibility index (Phi) is 2.25. The summed E-state index contributed by atoms with van der Waals surface area (Å²) in [7, 11) is 1.70. The van der Waals surface area contributed by atoms with Crippen molar-refractivity contribution in [1.29, 1.82) is 0 Å². The van der Waals surface area contributed by atoms with Crippen molar-refractivity contribution >= 4 is 5.97 Å². The number of carboxylic acid groups (broad SMARTS) is 1. The molecule has 0 atom stereocenters. The van der Waals surface area contributed by atoms with Crippen molar-refractivity contribution in [3.63, 3.8) is 0 Å². The van der Waals surface area contributed by atoms with Crippen molar-refractivity contribution < 1.29 is 9.90 Å². The molecule has 0 spiro atoms. The first-order valence-electron chi connectivity index (χ1n) is 3.62. The summed E-state index contributed by atoms with van der Waals surface area (Å²) >= 11 is 0. The van der Waals surface area contributed by atoms with E-state index in [1.807, 2.05) is 0 Å². The minimum atomic E-state index is -0.993. The second-order valence-electron chi connectivity index (χ2n) is 2.65. The SMILES string of the molecule is C#CC1=CC(C(=O)O)=CN(C)C1=C. The van der Waals surface area contributed by atoms with Gasteiger partial charge in [0.2, 0.25) is 0 Å². The van der Waals surface area contributed by atoms with Crippen LogP contribution in [-0.2, 0) is 4.79 Å². The van der Waals surface area contributed by atoms with Crippen LogP contribution in [0.25, 0.3) is 0 Å². The molecular weight excluding hydrogens is 166 g/mol. The number of allylic oxidation sites excluding steroid dienone is 1. The number of aliphatic carboxylic acids is 1. The highest BCUT2D eigenvalue weighted by Crippen LogP contribution is 2.20. The highest BCUT2D eigenvalue weighted by Gasteiger charge is 2.15. The van der Waals surface area contributed by atoms with Crippen molar-refractivity contribution in [2.24, 2.45) is 0 Å². The van der Waals surface area contributed by atoms with Gasteiger partial charge in [0.05, 0.1) is 5.57 Å². The van der Waals surface area contributed by atoms with Gasteiger partial charge in [-0.05, 0) is 6.08 Å². The first-order chi connectivity index (χ1) is 6.06. The zero-order valence-corrected chi connectivity index (χ0v) is 7.24. The smallest absolute Gasteiger partial charge is 0.337 e. The zero-order chi connectivity index (χ0) is 10.0. The molecule has 66 valence electrons. The van der Waals surface area contributed by atoms with Crippen molar-refractivity contribution in [2.75, 3.05) is 7.05 Å². The summed E-state index contributed by atoms with van der Waals surface area (Å²) in [5.74, 6) is 1.39. The van der Waals surface area contributed by atoms with Crippen LogP contribution in [0, 0.1) is 12.3 Å². The third-order valence-electron chi connectivity index (χ3n) is 1.77. The molecule has 1 N–H and O–H groups in total. The molecular formula is C10H9NO2. The van der Waals surface area contributed by atoms with Crippen LogP contribution in [0.4, 0.5) is 0 Å². The maximum Gasteiger partial charge on any atom is 0.337 e. The largest absolute Gasteiger partial charge is 0.478 e. The lowest BCUT2D eigenvalue weighted by atomic mass is 10.1. The Bertz CT molecular complexity index is 369. The third kappa shape index (κ3) is 1.62. The first-order valence-corrected chi connectivity index (χ1v) is 3.62. The molecule has 1 aliphatic heterocycles. The molecule has 3 heteroatoms. The number of carbonyl (C=O) groups is 1. The summed E-state index contributed by atoms with van der Waals surface area (Å²) in [5.41, 5.74) is 1.30. The molecule has 0 aromatic carbocycles. The Balaban J connectivity index is 3.13. The lowest BCUT2D eigenvalue weighted by molar-refractivity contribution is -0.132. The van der Waals surface area contributed by atoms with E-state index in [9.17, 15) is 4.79 Å². The van der Waals surface area contributed by atoms with Crippen LogP contribution < -0.4 is 0 Å². The monoisotopic (exact) mass is 175 g/mol. The van der Waals surface area contributed by atoms with E-state index in [1.165, 1.54) is 12.3 Å². The Morgan fingerprint density at radius 3 is 2.85 bits per heavy atom. The van der Waals surface area contributed by atoms with Crippen molar-refractivity contribution in [3.05, 3.63) is 35.7 Å². The van der Waals surface area contributed by atoms with E-state index in [0.29, 0.717) is 11.3 Å². The summed E-state index contributed by atoms with van der Waals surface area (Å²) in [6.07, 6.45) is 8.11. The highest BCUT2D eigenvalue weighted by atomic mass is 16.4. The van der Waals surface area contributed by atoms with E-state index in [4.69, 9.17) is 11.5 Å². The lowest BCUT2D eigenvalue weighted by Gasteiger charge is -2.21. The van der Waals surface area contributed by atoms with Crippen LogP contribution in [0.3, 0.4) is 0 Å². The maximum atomic E-state index is 10.6. The van der Waals surface area contributed by atoms with Crippen LogP contribution in [0.1, 0.15) is 0 Å². The fourth-order valence-electron chi connectivity index (χ4n) is 0.995. The molecule has 3 nitrogen and oxygen atoms in total. The van der Waals surface area contributed by atoms with Gasteiger partial charge in [0.15, 0.2) is 0 Å². The summed E-state index contributed by atoms with van der Waals surface area (Å²) in [4.78, 5) is 12.2. The molecule has 0 bridgehead atoms. The Morgan fingerprint density at radius 2 is 2.38 bits per heavy atom. The first kappa shape index (κ1) is 9.14. The molecule has 0 fully saturated rings. The van der Waals surface area contributed by atoms with Gasteiger partial charge in [-0.15, -0.1) is 6.42 Å². The summed E-state index contributed by atoms with van der Waals surface area (Å²) < 4.78 is 0. The summed E-state index contributed by atoms with van der Waals surface area (Å²) in [5, 5.41) is 8.72. The molecule has 0 saturated heterocycles. The number of terminal acetylenes is 1. The molecule has 0 amide bonds. The predicted molar refractivity (Wildman–Crippen MR) is 49.5 cm³/mol. The molecule has 1 rings (SSSR count). The topological polar surface area (TPSA) is 40.5 Å². The minimum Gasteiger partial charge on any atom is -0.478 e. The average molecular weight is 175 g/mol. The van der Waals surface area contributed by atoms with Gasteiger partial charge in [-0.25, -0.2) is 4.79 Å². The predicted octanol–water partition coefficient (Wildman–Crippen LogP) is 0.974. The molecule has 0 aromatic rings. The standard InChI is InChI=1S/C10H9NO2/c1-4-8-5-9(10(12)13)6-11(3)7(8)2/h1,5-6H,2H2,3H3,(H,12,13). The van der Waals surface area contributed by atoms with Crippen LogP contribution in [0.2, 0.25) is 0 Å². The normalized spacial score (nSPS) is 16.0. The molecule has 0 aromatic heterocycles. The Hall–Kier alpha value is -1.95. The summed E-state index contributed by atoms with van der Waals surface area (Å²) in [6.45, 7) is 3.72. The van der Waals surface area contributed by atoms with Crippen molar-refractivity contribution in [1.82, 2.24) is 4.90 Å². The van der Waals surface area contributed by atoms with E-state index < -0.39 is 5.97 Å². The van der Waals surface area contributed by atoms with Crippen molar-refractivity contribution in [3.8, 4) is 12.3 Å². The number of likely N-dealkylation sites (N-methyl/N-ethyl adjacent to an activating group) is 1. The fourth-order valence-corrected chi connectivity index (χ4v) is 0.995. The van der Waals surface area contributed by atoms with E-state index in [-0.39, 0.29) is 5.57 Å². The van der Waals surface area contributed by atoms with Gasteiger partial charge in [0.25, 0.3) is 0 Å². The highest BCUT2D eigenvalue weighted by molar-refractivity contribution is 5.91. The van der Waals surface area contributed by atoms with Gasteiger partial charge in [0.1, 0.15) is 0 Å². The molecule has 13 heavy (non-hydrogen) atoms. The zero-order valence-electron chi connectivity index (χ0n) is 7.24. The van der Waals surface area contributed by atoms with Crippen LogP contribution in [0.15, 0.2) is 35.7 Å². The van der Waals surface area contributed by atoms with E-state index >= 15 is 0 Å². The lowest BCUT2D eigenvalue weighted by Crippen LogP contribution is -2.18. The number of nitrogens with zero attached hydrogens (tertiary/aromatic N) is 1. The number of carboxylic acids is 1. The van der Waals surface area contributed by atoms with E-state index in [1.54, 1.807) is 11.9 Å². The van der Waals surface area contributed by atoms with Gasteiger partial charge >= 0.3 is 5.97 Å². The molecule has 0 radical (unpaired) electrons. The average Bonchev–Trinajstić information content (AvgIpc) is 2.09. The maximum absolute atomic E-state index is 10.6. The fraction of sp³-hybridized carbons (Fsp3) is 0.100. The quantitative estimate of drug-likeness (QED) is 0.604. The van der Waals surface area contributed by atoms with Gasteiger partial charge in [-0.1, -0.05) is 12.5 Å². The molecule has 0 aliphatic carbocycles.